The van der Waals surface area contributed by atoms with Crippen LogP contribution in [0.5, 0.6) is 0 Å². The van der Waals surface area contributed by atoms with E-state index in [1.165, 1.54) is 142 Å². The van der Waals surface area contributed by atoms with Gasteiger partial charge in [0.25, 0.3) is 0 Å². The minimum atomic E-state index is 0.369. The minimum Gasteiger partial charge on any atom is -0.396 e. The number of likely N-dealkylation sites (tertiary alicyclic amines) is 2. The van der Waals surface area contributed by atoms with E-state index in [-0.39, 0.29) is 0 Å². The van der Waals surface area contributed by atoms with Gasteiger partial charge in [-0.15, -0.1) is 0 Å². The molecule has 0 aliphatic carbocycles. The number of nitrogens with zero attached hydrogens (tertiary/aromatic N) is 2. The highest BCUT2D eigenvalue weighted by molar-refractivity contribution is 4.66. The molecule has 0 atom stereocenters. The first-order valence-electron chi connectivity index (χ1n) is 13.5. The van der Waals surface area contributed by atoms with Crippen molar-refractivity contribution in [2.24, 2.45) is 0 Å². The van der Waals surface area contributed by atoms with Crippen molar-refractivity contribution in [2.75, 3.05) is 52.5 Å². The number of aliphatic hydroxyl groups excluding tert-OH is 2. The molecule has 30 heavy (non-hydrogen) atoms. The lowest BCUT2D eigenvalue weighted by atomic mass is 10.1. The molecule has 4 nitrogen and oxygen atoms in total. The zero-order valence-electron chi connectivity index (χ0n) is 20.2. The summed E-state index contributed by atoms with van der Waals surface area (Å²) in [5.41, 5.74) is 0. The van der Waals surface area contributed by atoms with E-state index >= 15 is 0 Å². The van der Waals surface area contributed by atoms with E-state index < -0.39 is 0 Å². The van der Waals surface area contributed by atoms with Gasteiger partial charge in [0, 0.05) is 13.2 Å². The van der Waals surface area contributed by atoms with Crippen molar-refractivity contribution in [3.05, 3.63) is 0 Å². The Morgan fingerprint density at radius 1 is 0.367 bits per heavy atom. The van der Waals surface area contributed by atoms with E-state index in [9.17, 15) is 0 Å². The molecule has 0 saturated carbocycles. The largest absolute Gasteiger partial charge is 0.396 e. The molecule has 2 N–H and O–H groups in total. The fourth-order valence-electron chi connectivity index (χ4n) is 4.67. The van der Waals surface area contributed by atoms with Gasteiger partial charge in [-0.05, 0) is 90.6 Å². The van der Waals surface area contributed by atoms with Crippen molar-refractivity contribution in [3.63, 3.8) is 0 Å². The van der Waals surface area contributed by atoms with Crippen molar-refractivity contribution in [1.29, 1.82) is 0 Å². The van der Waals surface area contributed by atoms with Crippen LogP contribution < -0.4 is 0 Å². The predicted octanol–water partition coefficient (Wildman–Crippen LogP) is 5.61. The average Bonchev–Trinajstić information content (AvgIpc) is 3.47. The summed E-state index contributed by atoms with van der Waals surface area (Å²) >= 11 is 0. The van der Waals surface area contributed by atoms with Gasteiger partial charge < -0.3 is 20.0 Å². The van der Waals surface area contributed by atoms with Gasteiger partial charge in [0.2, 0.25) is 0 Å². The minimum absolute atomic E-state index is 0.369. The normalized spacial score (nSPS) is 17.4. The summed E-state index contributed by atoms with van der Waals surface area (Å²) in [6, 6.07) is 0. The SMILES string of the molecule is OCCCCCCCCCCN1CCCC1.OCCCCCCCCN1CCCC1. The molecule has 4 heteroatoms. The summed E-state index contributed by atoms with van der Waals surface area (Å²) < 4.78 is 0. The number of hydrogen-bond acceptors (Lipinski definition) is 4. The molecule has 2 heterocycles. The zero-order chi connectivity index (χ0) is 21.5. The first kappa shape index (κ1) is 27.9. The van der Waals surface area contributed by atoms with Crippen molar-refractivity contribution in [1.82, 2.24) is 9.80 Å². The molecule has 2 aliphatic heterocycles. The van der Waals surface area contributed by atoms with Crippen LogP contribution in [-0.4, -0.2) is 72.5 Å². The smallest absolute Gasteiger partial charge is 0.0431 e. The molecule has 0 spiro atoms. The maximum absolute atomic E-state index is 8.64. The van der Waals surface area contributed by atoms with Crippen LogP contribution in [0.1, 0.15) is 116 Å². The lowest BCUT2D eigenvalue weighted by molar-refractivity contribution is 0.281. The molecule has 180 valence electrons. The molecular weight excluding hydrogens is 372 g/mol. The second-order valence-corrected chi connectivity index (χ2v) is 9.49. The van der Waals surface area contributed by atoms with E-state index in [0.717, 1.165) is 12.8 Å². The third kappa shape index (κ3) is 17.5. The highest BCUT2D eigenvalue weighted by atomic mass is 16.3. The van der Waals surface area contributed by atoms with Gasteiger partial charge in [-0.3, -0.25) is 0 Å². The van der Waals surface area contributed by atoms with Crippen LogP contribution in [0.4, 0.5) is 0 Å². The Labute approximate surface area is 188 Å². The number of aliphatic hydroxyl groups is 2. The second-order valence-electron chi connectivity index (χ2n) is 9.49. The monoisotopic (exact) mass is 426 g/mol. The fraction of sp³-hybridized carbons (Fsp3) is 1.00. The van der Waals surface area contributed by atoms with Gasteiger partial charge in [0.05, 0.1) is 0 Å². The second kappa shape index (κ2) is 22.0. The van der Waals surface area contributed by atoms with Crippen LogP contribution in [0.25, 0.3) is 0 Å². The topological polar surface area (TPSA) is 46.9 Å². The van der Waals surface area contributed by atoms with Crippen LogP contribution >= 0.6 is 0 Å². The summed E-state index contributed by atoms with van der Waals surface area (Å²) in [5.74, 6) is 0. The Balaban J connectivity index is 0.000000303. The molecule has 0 amide bonds. The molecule has 0 bridgehead atoms. The van der Waals surface area contributed by atoms with Gasteiger partial charge in [-0.2, -0.15) is 0 Å². The summed E-state index contributed by atoms with van der Waals surface area (Å²) in [6.45, 7) is 8.77. The molecule has 0 radical (unpaired) electrons. The molecule has 2 saturated heterocycles. The highest BCUT2D eigenvalue weighted by Crippen LogP contribution is 2.12. The van der Waals surface area contributed by atoms with Gasteiger partial charge in [-0.25, -0.2) is 0 Å². The summed E-state index contributed by atoms with van der Waals surface area (Å²) in [6.07, 6.45) is 23.8. The molecule has 2 fully saturated rings. The van der Waals surface area contributed by atoms with Crippen LogP contribution in [0.2, 0.25) is 0 Å². The molecule has 0 unspecified atom stereocenters. The quantitative estimate of drug-likeness (QED) is 0.280. The molecule has 0 aromatic carbocycles. The Kier molecular flexibility index (Phi) is 20.5. The maximum Gasteiger partial charge on any atom is 0.0431 e. The van der Waals surface area contributed by atoms with Gasteiger partial charge in [0.1, 0.15) is 0 Å². The van der Waals surface area contributed by atoms with Crippen LogP contribution in [0, 0.1) is 0 Å². The van der Waals surface area contributed by atoms with Gasteiger partial charge in [0.15, 0.2) is 0 Å². The molecule has 0 aromatic heterocycles. The van der Waals surface area contributed by atoms with Crippen LogP contribution in [-0.2, 0) is 0 Å². The number of unbranched alkanes of at least 4 members (excludes halogenated alkanes) is 12. The Hall–Kier alpha value is -0.160. The van der Waals surface area contributed by atoms with Gasteiger partial charge in [-0.1, -0.05) is 64.2 Å². The lowest BCUT2D eigenvalue weighted by Crippen LogP contribution is -2.20. The van der Waals surface area contributed by atoms with Crippen LogP contribution in [0.3, 0.4) is 0 Å². The summed E-state index contributed by atoms with van der Waals surface area (Å²) in [5, 5.41) is 17.2. The van der Waals surface area contributed by atoms with Crippen LogP contribution in [0.15, 0.2) is 0 Å². The highest BCUT2D eigenvalue weighted by Gasteiger charge is 2.10. The van der Waals surface area contributed by atoms with Crippen molar-refractivity contribution in [3.8, 4) is 0 Å². The molecule has 2 aliphatic rings. The Bertz CT molecular complexity index is 329. The maximum atomic E-state index is 8.64. The Morgan fingerprint density at radius 3 is 0.933 bits per heavy atom. The van der Waals surface area contributed by atoms with Crippen molar-refractivity contribution >= 4 is 0 Å². The Morgan fingerprint density at radius 2 is 0.633 bits per heavy atom. The van der Waals surface area contributed by atoms with E-state index in [1.807, 2.05) is 0 Å². The third-order valence-corrected chi connectivity index (χ3v) is 6.66. The van der Waals surface area contributed by atoms with E-state index in [2.05, 4.69) is 9.80 Å². The number of rotatable bonds is 18. The summed E-state index contributed by atoms with van der Waals surface area (Å²) in [7, 11) is 0. The lowest BCUT2D eigenvalue weighted by Gasteiger charge is -2.13. The zero-order valence-corrected chi connectivity index (χ0v) is 20.2. The summed E-state index contributed by atoms with van der Waals surface area (Å²) in [4.78, 5) is 5.20. The van der Waals surface area contributed by atoms with E-state index in [1.54, 1.807) is 0 Å². The van der Waals surface area contributed by atoms with E-state index in [4.69, 9.17) is 10.2 Å². The third-order valence-electron chi connectivity index (χ3n) is 6.66. The average molecular weight is 427 g/mol. The predicted molar refractivity (Wildman–Crippen MR) is 130 cm³/mol. The standard InChI is InChI=1S/C14H29NO.C12H25NO/c16-14-10-6-4-2-1-3-5-7-11-15-12-8-9-13-15;14-12-8-4-2-1-3-5-9-13-10-6-7-11-13/h16H,1-14H2;14H,1-12H2. The first-order chi connectivity index (χ1) is 14.9. The first-order valence-corrected chi connectivity index (χ1v) is 13.5. The molecule has 2 rings (SSSR count). The van der Waals surface area contributed by atoms with E-state index in [0.29, 0.717) is 13.2 Å². The van der Waals surface area contributed by atoms with Crippen molar-refractivity contribution < 1.29 is 10.2 Å². The molecular formula is C26H54N2O2. The van der Waals surface area contributed by atoms with Gasteiger partial charge >= 0.3 is 0 Å². The number of hydrogen-bond donors (Lipinski definition) is 2. The fourth-order valence-corrected chi connectivity index (χ4v) is 4.67. The van der Waals surface area contributed by atoms with Crippen molar-refractivity contribution in [2.45, 2.75) is 116 Å². The molecule has 0 aromatic rings.